The standard InChI is InChI=1S/C15H23NO3/c1-3-9-16-11-13(17)12-19-15-8-6-5-7-14(15)18-10-4-2/h4-8,13,16-17H,2-3,9-12H2,1H3. The van der Waals surface area contributed by atoms with E-state index >= 15 is 0 Å². The SMILES string of the molecule is C=CCOc1ccccc1OCC(O)CNCCC. The summed E-state index contributed by atoms with van der Waals surface area (Å²) in [6.45, 7) is 7.80. The minimum absolute atomic E-state index is 0.241. The van der Waals surface area contributed by atoms with Crippen molar-refractivity contribution < 1.29 is 14.6 Å². The van der Waals surface area contributed by atoms with Crippen molar-refractivity contribution in [2.45, 2.75) is 19.4 Å². The summed E-state index contributed by atoms with van der Waals surface area (Å²) in [5, 5.41) is 12.9. The van der Waals surface area contributed by atoms with Gasteiger partial charge in [-0.1, -0.05) is 31.7 Å². The molecule has 0 aromatic heterocycles. The summed E-state index contributed by atoms with van der Waals surface area (Å²) in [5.74, 6) is 1.30. The van der Waals surface area contributed by atoms with Gasteiger partial charge in [0, 0.05) is 6.54 Å². The smallest absolute Gasteiger partial charge is 0.161 e. The maximum Gasteiger partial charge on any atom is 0.161 e. The summed E-state index contributed by atoms with van der Waals surface area (Å²) < 4.78 is 11.1. The van der Waals surface area contributed by atoms with Gasteiger partial charge in [-0.2, -0.15) is 0 Å². The number of para-hydroxylation sites is 2. The molecule has 0 radical (unpaired) electrons. The summed E-state index contributed by atoms with van der Waals surface area (Å²) in [4.78, 5) is 0. The third-order valence-corrected chi connectivity index (χ3v) is 2.44. The Balaban J connectivity index is 2.41. The van der Waals surface area contributed by atoms with Crippen LogP contribution in [0.25, 0.3) is 0 Å². The Morgan fingerprint density at radius 3 is 2.63 bits per heavy atom. The quantitative estimate of drug-likeness (QED) is 0.502. The Hall–Kier alpha value is -1.52. The highest BCUT2D eigenvalue weighted by atomic mass is 16.5. The van der Waals surface area contributed by atoms with E-state index in [1.54, 1.807) is 6.08 Å². The number of rotatable bonds is 10. The normalized spacial score (nSPS) is 11.9. The first-order valence-electron chi connectivity index (χ1n) is 6.62. The predicted octanol–water partition coefficient (Wildman–Crippen LogP) is 1.99. The molecule has 4 nitrogen and oxygen atoms in total. The van der Waals surface area contributed by atoms with Gasteiger partial charge < -0.3 is 19.9 Å². The molecule has 0 saturated heterocycles. The van der Waals surface area contributed by atoms with E-state index in [9.17, 15) is 5.11 Å². The van der Waals surface area contributed by atoms with Gasteiger partial charge in [-0.15, -0.1) is 0 Å². The molecule has 1 atom stereocenters. The first kappa shape index (κ1) is 15.5. The molecule has 0 spiro atoms. The minimum Gasteiger partial charge on any atom is -0.487 e. The van der Waals surface area contributed by atoms with Crippen molar-refractivity contribution in [1.29, 1.82) is 0 Å². The molecule has 1 aromatic carbocycles. The van der Waals surface area contributed by atoms with E-state index in [0.717, 1.165) is 13.0 Å². The lowest BCUT2D eigenvalue weighted by molar-refractivity contribution is 0.104. The predicted molar refractivity (Wildman–Crippen MR) is 76.8 cm³/mol. The molecule has 0 heterocycles. The van der Waals surface area contributed by atoms with Crippen LogP contribution < -0.4 is 14.8 Å². The van der Waals surface area contributed by atoms with E-state index in [4.69, 9.17) is 9.47 Å². The molecular formula is C15H23NO3. The molecule has 0 bridgehead atoms. The Kier molecular flexibility index (Phi) is 7.70. The van der Waals surface area contributed by atoms with Crippen LogP contribution in [0.15, 0.2) is 36.9 Å². The van der Waals surface area contributed by atoms with Crippen LogP contribution in [0.3, 0.4) is 0 Å². The zero-order valence-corrected chi connectivity index (χ0v) is 11.5. The number of hydrogen-bond donors (Lipinski definition) is 2. The lowest BCUT2D eigenvalue weighted by atomic mass is 10.3. The van der Waals surface area contributed by atoms with Crippen molar-refractivity contribution in [2.24, 2.45) is 0 Å². The van der Waals surface area contributed by atoms with Crippen molar-refractivity contribution in [1.82, 2.24) is 5.32 Å². The summed E-state index contributed by atoms with van der Waals surface area (Å²) >= 11 is 0. The van der Waals surface area contributed by atoms with Gasteiger partial charge in [0.2, 0.25) is 0 Å². The van der Waals surface area contributed by atoms with Crippen LogP contribution in [-0.2, 0) is 0 Å². The van der Waals surface area contributed by atoms with Gasteiger partial charge in [-0.05, 0) is 25.1 Å². The van der Waals surface area contributed by atoms with E-state index < -0.39 is 6.10 Å². The molecule has 2 N–H and O–H groups in total. The lowest BCUT2D eigenvalue weighted by Gasteiger charge is -2.15. The molecule has 19 heavy (non-hydrogen) atoms. The van der Waals surface area contributed by atoms with Gasteiger partial charge >= 0.3 is 0 Å². The average Bonchev–Trinajstić information content (AvgIpc) is 2.44. The number of aliphatic hydroxyl groups excluding tert-OH is 1. The largest absolute Gasteiger partial charge is 0.487 e. The van der Waals surface area contributed by atoms with Crippen LogP contribution in [0.5, 0.6) is 11.5 Å². The van der Waals surface area contributed by atoms with Crippen LogP contribution in [-0.4, -0.2) is 37.5 Å². The van der Waals surface area contributed by atoms with Crippen molar-refractivity contribution in [2.75, 3.05) is 26.3 Å². The van der Waals surface area contributed by atoms with E-state index in [1.165, 1.54) is 0 Å². The molecule has 4 heteroatoms. The first-order chi connectivity index (χ1) is 9.27. The van der Waals surface area contributed by atoms with E-state index in [-0.39, 0.29) is 6.61 Å². The van der Waals surface area contributed by atoms with Crippen LogP contribution >= 0.6 is 0 Å². The molecule has 0 aliphatic carbocycles. The molecule has 106 valence electrons. The highest BCUT2D eigenvalue weighted by Gasteiger charge is 2.08. The van der Waals surface area contributed by atoms with Crippen molar-refractivity contribution >= 4 is 0 Å². The molecule has 0 saturated carbocycles. The second-order valence-corrected chi connectivity index (χ2v) is 4.22. The highest BCUT2D eigenvalue weighted by molar-refractivity contribution is 5.39. The Morgan fingerprint density at radius 1 is 1.32 bits per heavy atom. The van der Waals surface area contributed by atoms with Gasteiger partial charge in [-0.3, -0.25) is 0 Å². The third-order valence-electron chi connectivity index (χ3n) is 2.44. The van der Waals surface area contributed by atoms with E-state index in [2.05, 4.69) is 18.8 Å². The second kappa shape index (κ2) is 9.42. The lowest BCUT2D eigenvalue weighted by Crippen LogP contribution is -2.31. The van der Waals surface area contributed by atoms with Gasteiger partial charge in [0.1, 0.15) is 19.3 Å². The fourth-order valence-corrected chi connectivity index (χ4v) is 1.53. The summed E-state index contributed by atoms with van der Waals surface area (Å²) in [5.41, 5.74) is 0. The molecule has 0 amide bonds. The third kappa shape index (κ3) is 6.27. The van der Waals surface area contributed by atoms with Crippen molar-refractivity contribution in [3.63, 3.8) is 0 Å². The number of nitrogens with one attached hydrogen (secondary N) is 1. The number of aliphatic hydroxyl groups is 1. The maximum atomic E-state index is 9.76. The van der Waals surface area contributed by atoms with Crippen LogP contribution in [0.2, 0.25) is 0 Å². The zero-order chi connectivity index (χ0) is 13.9. The fraction of sp³-hybridized carbons (Fsp3) is 0.467. The van der Waals surface area contributed by atoms with Crippen LogP contribution in [0.4, 0.5) is 0 Å². The molecule has 0 fully saturated rings. The monoisotopic (exact) mass is 265 g/mol. The molecule has 1 unspecified atom stereocenters. The number of ether oxygens (including phenoxy) is 2. The Morgan fingerprint density at radius 2 is 2.00 bits per heavy atom. The van der Waals surface area contributed by atoms with Gasteiger partial charge in [0.15, 0.2) is 11.5 Å². The van der Waals surface area contributed by atoms with Gasteiger partial charge in [0.25, 0.3) is 0 Å². The molecule has 1 aromatic rings. The van der Waals surface area contributed by atoms with E-state index in [1.807, 2.05) is 24.3 Å². The molecule has 0 aliphatic rings. The van der Waals surface area contributed by atoms with E-state index in [0.29, 0.717) is 24.7 Å². The van der Waals surface area contributed by atoms with Gasteiger partial charge in [0.05, 0.1) is 0 Å². The summed E-state index contributed by atoms with van der Waals surface area (Å²) in [6.07, 6.45) is 2.20. The zero-order valence-electron chi connectivity index (χ0n) is 11.5. The van der Waals surface area contributed by atoms with Crippen LogP contribution in [0, 0.1) is 0 Å². The van der Waals surface area contributed by atoms with Crippen molar-refractivity contribution in [3.8, 4) is 11.5 Å². The number of hydrogen-bond acceptors (Lipinski definition) is 4. The first-order valence-corrected chi connectivity index (χ1v) is 6.62. The maximum absolute atomic E-state index is 9.76. The number of benzene rings is 1. The Bertz CT molecular complexity index is 368. The van der Waals surface area contributed by atoms with Crippen LogP contribution in [0.1, 0.15) is 13.3 Å². The fourth-order valence-electron chi connectivity index (χ4n) is 1.53. The molecule has 0 aliphatic heterocycles. The van der Waals surface area contributed by atoms with Gasteiger partial charge in [-0.25, -0.2) is 0 Å². The molecule has 1 rings (SSSR count). The average molecular weight is 265 g/mol. The topological polar surface area (TPSA) is 50.7 Å². The summed E-state index contributed by atoms with van der Waals surface area (Å²) in [7, 11) is 0. The van der Waals surface area contributed by atoms with Crippen molar-refractivity contribution in [3.05, 3.63) is 36.9 Å². The molecular weight excluding hydrogens is 242 g/mol. The second-order valence-electron chi connectivity index (χ2n) is 4.22. The highest BCUT2D eigenvalue weighted by Crippen LogP contribution is 2.26. The minimum atomic E-state index is -0.529. The summed E-state index contributed by atoms with van der Waals surface area (Å²) in [6, 6.07) is 7.41. The Labute approximate surface area is 115 Å².